The van der Waals surface area contributed by atoms with Gasteiger partial charge in [0.2, 0.25) is 0 Å². The number of ether oxygens (including phenoxy) is 1. The number of halogens is 1. The van der Waals surface area contributed by atoms with E-state index >= 15 is 0 Å². The van der Waals surface area contributed by atoms with E-state index in [1.165, 1.54) is 0 Å². The highest BCUT2D eigenvalue weighted by Gasteiger charge is 2.23. The van der Waals surface area contributed by atoms with E-state index in [0.717, 1.165) is 23.9 Å². The van der Waals surface area contributed by atoms with Gasteiger partial charge in [0, 0.05) is 16.8 Å². The first-order valence-corrected chi connectivity index (χ1v) is 7.22. The van der Waals surface area contributed by atoms with E-state index in [1.807, 2.05) is 12.1 Å². The van der Waals surface area contributed by atoms with E-state index in [-0.39, 0.29) is 5.25 Å². The highest BCUT2D eigenvalue weighted by Crippen LogP contribution is 2.26. The monoisotopic (exact) mass is 303 g/mol. The number of nitrogens with two attached hydrogens (primary N) is 1. The number of hydrogen-bond donors (Lipinski definition) is 1. The second-order valence-corrected chi connectivity index (χ2v) is 6.44. The number of rotatable bonds is 2. The van der Waals surface area contributed by atoms with Crippen molar-refractivity contribution in [3.05, 3.63) is 22.7 Å². The molecule has 2 N–H and O–H groups in total. The number of benzene rings is 1. The highest BCUT2D eigenvalue weighted by molar-refractivity contribution is 9.10. The van der Waals surface area contributed by atoms with Crippen LogP contribution in [0.25, 0.3) is 0 Å². The molecule has 0 amide bonds. The molecule has 1 aliphatic heterocycles. The molecule has 88 valence electrons. The van der Waals surface area contributed by atoms with E-state index in [1.54, 1.807) is 6.07 Å². The fourth-order valence-corrected chi connectivity index (χ4v) is 3.76. The van der Waals surface area contributed by atoms with Crippen molar-refractivity contribution in [1.29, 1.82) is 0 Å². The van der Waals surface area contributed by atoms with E-state index in [2.05, 4.69) is 15.9 Å². The lowest BCUT2D eigenvalue weighted by Crippen LogP contribution is -2.27. The van der Waals surface area contributed by atoms with E-state index in [9.17, 15) is 4.21 Å². The van der Waals surface area contributed by atoms with Crippen molar-refractivity contribution in [2.45, 2.75) is 23.0 Å². The van der Waals surface area contributed by atoms with Gasteiger partial charge in [-0.1, -0.05) is 15.9 Å². The molecule has 0 saturated carbocycles. The van der Waals surface area contributed by atoms with Crippen molar-refractivity contribution in [2.24, 2.45) is 0 Å². The Bertz CT molecular complexity index is 405. The van der Waals surface area contributed by atoms with Gasteiger partial charge in [0.05, 0.1) is 27.6 Å². The Labute approximate surface area is 106 Å². The summed E-state index contributed by atoms with van der Waals surface area (Å²) in [6.07, 6.45) is 1.92. The minimum absolute atomic E-state index is 0.0744. The van der Waals surface area contributed by atoms with Crippen LogP contribution in [0.2, 0.25) is 0 Å². The highest BCUT2D eigenvalue weighted by atomic mass is 79.9. The maximum Gasteiger partial charge on any atom is 0.0632 e. The van der Waals surface area contributed by atoms with Crippen molar-refractivity contribution in [3.8, 4) is 0 Å². The quantitative estimate of drug-likeness (QED) is 0.853. The smallest absolute Gasteiger partial charge is 0.0632 e. The summed E-state index contributed by atoms with van der Waals surface area (Å²) in [4.78, 5) is 0.713. The van der Waals surface area contributed by atoms with Gasteiger partial charge >= 0.3 is 0 Å². The van der Waals surface area contributed by atoms with Crippen LogP contribution >= 0.6 is 15.9 Å². The predicted molar refractivity (Wildman–Crippen MR) is 68.8 cm³/mol. The number of anilines is 1. The first-order chi connectivity index (χ1) is 7.68. The van der Waals surface area contributed by atoms with Gasteiger partial charge in [-0.25, -0.2) is 0 Å². The standard InChI is InChI=1S/C11H14BrNO2S/c12-8-3-4-10(13)11(6-8)16(14)9-2-1-5-15-7-9/h3-4,6,9H,1-2,5,7,13H2. The van der Waals surface area contributed by atoms with Crippen molar-refractivity contribution in [1.82, 2.24) is 0 Å². The molecule has 0 bridgehead atoms. The molecule has 1 heterocycles. The summed E-state index contributed by atoms with van der Waals surface area (Å²) in [7, 11) is -1.07. The average molecular weight is 304 g/mol. The molecule has 2 unspecified atom stereocenters. The van der Waals surface area contributed by atoms with E-state index in [0.29, 0.717) is 17.2 Å². The fourth-order valence-electron chi connectivity index (χ4n) is 1.74. The van der Waals surface area contributed by atoms with Crippen LogP contribution in [0.1, 0.15) is 12.8 Å². The summed E-state index contributed by atoms with van der Waals surface area (Å²) in [5.74, 6) is 0. The third-order valence-corrected chi connectivity index (χ3v) is 4.87. The molecule has 0 radical (unpaired) electrons. The van der Waals surface area contributed by atoms with Crippen LogP contribution in [0.4, 0.5) is 5.69 Å². The van der Waals surface area contributed by atoms with Crippen LogP contribution in [0.5, 0.6) is 0 Å². The Morgan fingerprint density at radius 2 is 2.31 bits per heavy atom. The van der Waals surface area contributed by atoms with Crippen molar-refractivity contribution in [2.75, 3.05) is 18.9 Å². The van der Waals surface area contributed by atoms with E-state index < -0.39 is 10.8 Å². The molecule has 0 spiro atoms. The maximum absolute atomic E-state index is 12.3. The van der Waals surface area contributed by atoms with Crippen molar-refractivity contribution in [3.63, 3.8) is 0 Å². The molecular formula is C11H14BrNO2S. The fraction of sp³-hybridized carbons (Fsp3) is 0.455. The zero-order valence-corrected chi connectivity index (χ0v) is 11.2. The zero-order chi connectivity index (χ0) is 11.5. The normalized spacial score (nSPS) is 22.9. The summed E-state index contributed by atoms with van der Waals surface area (Å²) >= 11 is 3.37. The summed E-state index contributed by atoms with van der Waals surface area (Å²) in [5.41, 5.74) is 6.43. The predicted octanol–water partition coefficient (Wildman–Crippen LogP) is 2.32. The molecule has 1 aromatic carbocycles. The summed E-state index contributed by atoms with van der Waals surface area (Å²) in [5, 5.41) is 0.0744. The molecule has 2 rings (SSSR count). The Hall–Kier alpha value is -0.390. The summed E-state index contributed by atoms with van der Waals surface area (Å²) < 4.78 is 18.6. The van der Waals surface area contributed by atoms with Crippen LogP contribution in [-0.4, -0.2) is 22.7 Å². The third-order valence-electron chi connectivity index (χ3n) is 2.61. The van der Waals surface area contributed by atoms with Gasteiger partial charge in [-0.3, -0.25) is 4.21 Å². The minimum atomic E-state index is -1.07. The van der Waals surface area contributed by atoms with Gasteiger partial charge in [-0.2, -0.15) is 0 Å². The molecule has 5 heteroatoms. The molecule has 0 aromatic heterocycles. The van der Waals surface area contributed by atoms with Crippen LogP contribution in [-0.2, 0) is 15.5 Å². The van der Waals surface area contributed by atoms with E-state index in [4.69, 9.17) is 10.5 Å². The third kappa shape index (κ3) is 2.64. The molecule has 1 aromatic rings. The Morgan fingerprint density at radius 1 is 1.50 bits per heavy atom. The molecule has 0 aliphatic carbocycles. The lowest BCUT2D eigenvalue weighted by molar-refractivity contribution is 0.100. The lowest BCUT2D eigenvalue weighted by atomic mass is 10.2. The average Bonchev–Trinajstić information content (AvgIpc) is 2.32. The van der Waals surface area contributed by atoms with Gasteiger partial charge in [0.25, 0.3) is 0 Å². The SMILES string of the molecule is Nc1ccc(Br)cc1S(=O)C1CCCOC1. The van der Waals surface area contributed by atoms with Crippen molar-refractivity contribution >= 4 is 32.4 Å². The second kappa shape index (κ2) is 5.29. The van der Waals surface area contributed by atoms with Gasteiger partial charge in [-0.15, -0.1) is 0 Å². The van der Waals surface area contributed by atoms with Gasteiger partial charge < -0.3 is 10.5 Å². The van der Waals surface area contributed by atoms with Gasteiger partial charge in [0.1, 0.15) is 0 Å². The molecule has 1 fully saturated rings. The largest absolute Gasteiger partial charge is 0.398 e. The summed E-state index contributed by atoms with van der Waals surface area (Å²) in [6.45, 7) is 1.35. The zero-order valence-electron chi connectivity index (χ0n) is 8.82. The Balaban J connectivity index is 2.22. The maximum atomic E-state index is 12.3. The van der Waals surface area contributed by atoms with Gasteiger partial charge in [0.15, 0.2) is 0 Å². The summed E-state index contributed by atoms with van der Waals surface area (Å²) in [6, 6.07) is 5.47. The molecule has 3 nitrogen and oxygen atoms in total. The molecular weight excluding hydrogens is 290 g/mol. The van der Waals surface area contributed by atoms with Crippen molar-refractivity contribution < 1.29 is 8.95 Å². The minimum Gasteiger partial charge on any atom is -0.398 e. The first-order valence-electron chi connectivity index (χ1n) is 5.22. The van der Waals surface area contributed by atoms with Crippen LogP contribution in [0.15, 0.2) is 27.6 Å². The van der Waals surface area contributed by atoms with Crippen LogP contribution < -0.4 is 5.73 Å². The number of hydrogen-bond acceptors (Lipinski definition) is 3. The lowest BCUT2D eigenvalue weighted by Gasteiger charge is -2.22. The van der Waals surface area contributed by atoms with Crippen LogP contribution in [0, 0.1) is 0 Å². The molecule has 1 saturated heterocycles. The molecule has 16 heavy (non-hydrogen) atoms. The van der Waals surface area contributed by atoms with Crippen LogP contribution in [0.3, 0.4) is 0 Å². The number of nitrogen functional groups attached to an aromatic ring is 1. The molecule has 2 atom stereocenters. The topological polar surface area (TPSA) is 52.3 Å². The Kier molecular flexibility index (Phi) is 4.00. The first kappa shape index (κ1) is 12.1. The van der Waals surface area contributed by atoms with Gasteiger partial charge in [-0.05, 0) is 31.0 Å². The Morgan fingerprint density at radius 3 is 3.00 bits per heavy atom. The molecule has 1 aliphatic rings. The second-order valence-electron chi connectivity index (χ2n) is 3.82.